The van der Waals surface area contributed by atoms with Crippen molar-refractivity contribution < 1.29 is 42.7 Å². The summed E-state index contributed by atoms with van der Waals surface area (Å²) in [5, 5.41) is 8.91. The predicted octanol–water partition coefficient (Wildman–Crippen LogP) is 13.2. The highest BCUT2D eigenvalue weighted by atomic mass is 31.2. The molecule has 3 unspecified atom stereocenters. The molecule has 0 aromatic heterocycles. The van der Waals surface area contributed by atoms with E-state index in [0.29, 0.717) is 13.0 Å². The van der Waals surface area contributed by atoms with Gasteiger partial charge in [0.25, 0.3) is 0 Å². The molecule has 11 heteroatoms. The van der Waals surface area contributed by atoms with Crippen molar-refractivity contribution in [1.29, 1.82) is 0 Å². The van der Waals surface area contributed by atoms with Gasteiger partial charge in [0, 0.05) is 13.0 Å². The minimum atomic E-state index is -4.62. The number of aliphatic carboxylic acids is 1. The van der Waals surface area contributed by atoms with Gasteiger partial charge < -0.3 is 25.2 Å². The molecule has 0 aromatic carbocycles. The third kappa shape index (κ3) is 43.6. The standard InChI is InChI=1S/C48H86NO9P/c1-3-5-7-9-11-13-15-17-19-21-23-24-26-28-30-32-34-36-38-40-47(50)58-45(43-56-59(53,54)57-44-46(49)48(51)52)42-55-41-39-37-35-33-31-29-27-25-22-20-18-16-14-12-10-8-6-4-2/h6,8,11-14,17-20,45-46H,3-5,7,9-10,15-16,21-44,49H2,1-2H3,(H,51,52)(H,53,54)/b8-6-,13-11-,14-12-,19-17-,20-18-. The van der Waals surface area contributed by atoms with E-state index in [1.807, 2.05) is 0 Å². The SMILES string of the molecule is CC/C=C\C/C=C\C/C=C\CCCCCCCCCCOCC(COP(=O)(O)OCC(N)C(=O)O)OC(=O)CCCCCCCCCCC/C=C\C/C=C\CCCCC. The quantitative estimate of drug-likeness (QED) is 0.0233. The highest BCUT2D eigenvalue weighted by Crippen LogP contribution is 2.43. The van der Waals surface area contributed by atoms with Gasteiger partial charge in [-0.1, -0.05) is 171 Å². The number of ether oxygens (including phenoxy) is 2. The molecule has 10 nitrogen and oxygen atoms in total. The van der Waals surface area contributed by atoms with Gasteiger partial charge in [0.1, 0.15) is 12.1 Å². The van der Waals surface area contributed by atoms with Crippen LogP contribution in [-0.4, -0.2) is 60.5 Å². The number of phosphoric acid groups is 1. The first-order chi connectivity index (χ1) is 28.7. The van der Waals surface area contributed by atoms with Crippen LogP contribution in [0.3, 0.4) is 0 Å². The molecule has 0 heterocycles. The van der Waals surface area contributed by atoms with E-state index < -0.39 is 45.1 Å². The second-order valence-corrected chi connectivity index (χ2v) is 17.0. The molecule has 3 atom stereocenters. The summed E-state index contributed by atoms with van der Waals surface area (Å²) < 4.78 is 33.4. The van der Waals surface area contributed by atoms with Crippen LogP contribution < -0.4 is 5.73 Å². The number of esters is 1. The van der Waals surface area contributed by atoms with Crippen molar-refractivity contribution in [2.45, 2.75) is 206 Å². The summed E-state index contributed by atoms with van der Waals surface area (Å²) in [6, 6.07) is -1.48. The van der Waals surface area contributed by atoms with Crippen molar-refractivity contribution in [3.8, 4) is 0 Å². The minimum Gasteiger partial charge on any atom is -0.480 e. The number of hydrogen-bond donors (Lipinski definition) is 3. The molecule has 0 bridgehead atoms. The van der Waals surface area contributed by atoms with Crippen LogP contribution in [0.4, 0.5) is 0 Å². The van der Waals surface area contributed by atoms with Gasteiger partial charge in [0.2, 0.25) is 0 Å². The molecule has 0 spiro atoms. The predicted molar refractivity (Wildman–Crippen MR) is 244 cm³/mol. The molecule has 0 saturated carbocycles. The number of hydrogen-bond acceptors (Lipinski definition) is 8. The number of unbranched alkanes of at least 4 members (excludes halogenated alkanes) is 20. The van der Waals surface area contributed by atoms with Gasteiger partial charge in [-0.2, -0.15) is 0 Å². The number of rotatable bonds is 44. The minimum absolute atomic E-state index is 0.00818. The molecule has 0 radical (unpaired) electrons. The fourth-order valence-electron chi connectivity index (χ4n) is 6.18. The summed E-state index contributed by atoms with van der Waals surface area (Å²) in [5.74, 6) is -1.79. The molecule has 0 rings (SSSR count). The fourth-order valence-corrected chi connectivity index (χ4v) is 6.96. The zero-order valence-corrected chi connectivity index (χ0v) is 38.2. The first-order valence-electron chi connectivity index (χ1n) is 23.3. The maximum absolute atomic E-state index is 12.7. The Kier molecular flexibility index (Phi) is 42.0. The Balaban J connectivity index is 4.22. The molecule has 0 saturated heterocycles. The Hall–Kier alpha value is -2.33. The lowest BCUT2D eigenvalue weighted by molar-refractivity contribution is -0.154. The molecule has 0 aliphatic heterocycles. The Morgan fingerprint density at radius 1 is 0.559 bits per heavy atom. The maximum atomic E-state index is 12.7. The van der Waals surface area contributed by atoms with Crippen LogP contribution in [-0.2, 0) is 32.7 Å². The second-order valence-electron chi connectivity index (χ2n) is 15.5. The summed E-state index contributed by atoms with van der Waals surface area (Å²) in [5.41, 5.74) is 5.36. The smallest absolute Gasteiger partial charge is 0.472 e. The lowest BCUT2D eigenvalue weighted by Gasteiger charge is -2.20. The Morgan fingerprint density at radius 3 is 1.47 bits per heavy atom. The molecule has 0 aliphatic rings. The van der Waals surface area contributed by atoms with Crippen molar-refractivity contribution in [2.24, 2.45) is 5.73 Å². The molecule has 0 aliphatic carbocycles. The molecule has 59 heavy (non-hydrogen) atoms. The summed E-state index contributed by atoms with van der Waals surface area (Å²) >= 11 is 0. The number of carbonyl (C=O) groups excluding carboxylic acids is 1. The van der Waals surface area contributed by atoms with E-state index in [2.05, 4.69) is 74.6 Å². The van der Waals surface area contributed by atoms with Crippen LogP contribution in [0, 0.1) is 0 Å². The Bertz CT molecular complexity index is 1170. The largest absolute Gasteiger partial charge is 0.480 e. The molecular formula is C48H86NO9P. The molecule has 0 aromatic rings. The molecular weight excluding hydrogens is 765 g/mol. The topological polar surface area (TPSA) is 155 Å². The number of nitrogens with two attached hydrogens (primary N) is 1. The van der Waals surface area contributed by atoms with Crippen LogP contribution in [0.1, 0.15) is 194 Å². The van der Waals surface area contributed by atoms with E-state index in [9.17, 15) is 19.0 Å². The summed E-state index contributed by atoms with van der Waals surface area (Å²) in [7, 11) is -4.62. The van der Waals surface area contributed by atoms with Gasteiger partial charge in [-0.15, -0.1) is 0 Å². The monoisotopic (exact) mass is 852 g/mol. The van der Waals surface area contributed by atoms with Crippen molar-refractivity contribution in [3.63, 3.8) is 0 Å². The average Bonchev–Trinajstić information content (AvgIpc) is 3.21. The van der Waals surface area contributed by atoms with Gasteiger partial charge in [-0.25, -0.2) is 4.57 Å². The molecule has 0 fully saturated rings. The third-order valence-corrected chi connectivity index (χ3v) is 10.7. The average molecular weight is 852 g/mol. The Morgan fingerprint density at radius 2 is 0.983 bits per heavy atom. The maximum Gasteiger partial charge on any atom is 0.472 e. The number of carboxylic acids is 1. The normalized spacial score (nSPS) is 14.4. The molecule has 0 amide bonds. The lowest BCUT2D eigenvalue weighted by Crippen LogP contribution is -2.34. The van der Waals surface area contributed by atoms with E-state index in [-0.39, 0.29) is 13.0 Å². The van der Waals surface area contributed by atoms with Gasteiger partial charge in [0.15, 0.2) is 0 Å². The zero-order chi connectivity index (χ0) is 43.3. The van der Waals surface area contributed by atoms with Crippen molar-refractivity contribution in [1.82, 2.24) is 0 Å². The van der Waals surface area contributed by atoms with Crippen LogP contribution in [0.25, 0.3) is 0 Å². The van der Waals surface area contributed by atoms with E-state index >= 15 is 0 Å². The fraction of sp³-hybridized carbons (Fsp3) is 0.750. The van der Waals surface area contributed by atoms with Gasteiger partial charge in [0.05, 0.1) is 19.8 Å². The van der Waals surface area contributed by atoms with Crippen molar-refractivity contribution >= 4 is 19.8 Å². The van der Waals surface area contributed by atoms with Gasteiger partial charge in [-0.05, 0) is 77.0 Å². The lowest BCUT2D eigenvalue weighted by atomic mass is 10.1. The zero-order valence-electron chi connectivity index (χ0n) is 37.3. The number of carbonyl (C=O) groups is 2. The van der Waals surface area contributed by atoms with Crippen molar-refractivity contribution in [3.05, 3.63) is 60.8 Å². The first-order valence-corrected chi connectivity index (χ1v) is 24.8. The van der Waals surface area contributed by atoms with Crippen LogP contribution in [0.2, 0.25) is 0 Å². The molecule has 4 N–H and O–H groups in total. The summed E-state index contributed by atoms with van der Waals surface area (Å²) in [6.45, 7) is 3.73. The summed E-state index contributed by atoms with van der Waals surface area (Å²) in [4.78, 5) is 33.6. The van der Waals surface area contributed by atoms with Crippen LogP contribution in [0.5, 0.6) is 0 Å². The first kappa shape index (κ1) is 56.7. The number of allylic oxidation sites excluding steroid dienone is 10. The van der Waals surface area contributed by atoms with E-state index in [1.165, 1.54) is 89.9 Å². The van der Waals surface area contributed by atoms with E-state index in [4.69, 9.17) is 29.4 Å². The highest BCUT2D eigenvalue weighted by Gasteiger charge is 2.27. The van der Waals surface area contributed by atoms with Crippen molar-refractivity contribution in [2.75, 3.05) is 26.4 Å². The van der Waals surface area contributed by atoms with E-state index in [1.54, 1.807) is 0 Å². The highest BCUT2D eigenvalue weighted by molar-refractivity contribution is 7.47. The van der Waals surface area contributed by atoms with E-state index in [0.717, 1.165) is 77.0 Å². The Labute approximate surface area is 360 Å². The van der Waals surface area contributed by atoms with Crippen LogP contribution in [0.15, 0.2) is 60.8 Å². The third-order valence-electron chi connectivity index (χ3n) is 9.78. The van der Waals surface area contributed by atoms with Gasteiger partial charge >= 0.3 is 19.8 Å². The number of carboxylic acid groups (broad SMARTS) is 1. The van der Waals surface area contributed by atoms with Crippen LogP contribution >= 0.6 is 7.82 Å². The molecule has 342 valence electrons. The summed E-state index contributed by atoms with van der Waals surface area (Å²) in [6.07, 6.45) is 52.7. The number of phosphoric ester groups is 1. The van der Waals surface area contributed by atoms with Gasteiger partial charge in [-0.3, -0.25) is 18.6 Å². The second kappa shape index (κ2) is 43.7.